The summed E-state index contributed by atoms with van der Waals surface area (Å²) in [5.41, 5.74) is 12.7. The van der Waals surface area contributed by atoms with Gasteiger partial charge in [0.05, 0.1) is 18.9 Å². The molecule has 1 heterocycles. The van der Waals surface area contributed by atoms with Gasteiger partial charge in [-0.1, -0.05) is 38.1 Å². The first-order chi connectivity index (χ1) is 16.3. The van der Waals surface area contributed by atoms with E-state index in [2.05, 4.69) is 28.6 Å². The van der Waals surface area contributed by atoms with E-state index in [0.29, 0.717) is 24.5 Å². The van der Waals surface area contributed by atoms with E-state index >= 15 is 0 Å². The van der Waals surface area contributed by atoms with Crippen LogP contribution < -0.4 is 20.9 Å². The van der Waals surface area contributed by atoms with Gasteiger partial charge in [-0.25, -0.2) is 14.8 Å². The van der Waals surface area contributed by atoms with Crippen LogP contribution in [0, 0.1) is 0 Å². The van der Waals surface area contributed by atoms with Crippen LogP contribution in [0.2, 0.25) is 0 Å². The summed E-state index contributed by atoms with van der Waals surface area (Å²) in [6.45, 7) is 5.14. The minimum atomic E-state index is -0.782. The molecular formula is C25H28N4O5. The highest BCUT2D eigenvalue weighted by Gasteiger charge is 2.23. The van der Waals surface area contributed by atoms with Gasteiger partial charge in [0.25, 0.3) is 5.91 Å². The normalized spacial score (nSPS) is 11.0. The summed E-state index contributed by atoms with van der Waals surface area (Å²) in [6.07, 6.45) is 1.26. The first kappa shape index (κ1) is 24.5. The Hall–Kier alpha value is -4.14. The Kier molecular flexibility index (Phi) is 8.02. The van der Waals surface area contributed by atoms with Crippen molar-refractivity contribution in [3.05, 3.63) is 83.4 Å². The molecule has 2 amide bonds. The van der Waals surface area contributed by atoms with Gasteiger partial charge >= 0.3 is 6.09 Å². The van der Waals surface area contributed by atoms with E-state index in [1.54, 1.807) is 6.07 Å². The first-order valence-electron chi connectivity index (χ1n) is 10.8. The van der Waals surface area contributed by atoms with Crippen LogP contribution in [0.15, 0.2) is 60.8 Å². The second-order valence-corrected chi connectivity index (χ2v) is 8.07. The number of ether oxygens (including phenoxy) is 3. The van der Waals surface area contributed by atoms with Crippen molar-refractivity contribution >= 4 is 12.0 Å². The van der Waals surface area contributed by atoms with Gasteiger partial charge in [-0.15, -0.1) is 0 Å². The molecule has 0 aliphatic heterocycles. The summed E-state index contributed by atoms with van der Waals surface area (Å²) in [4.78, 5) is 29.7. The van der Waals surface area contributed by atoms with Crippen LogP contribution in [-0.4, -0.2) is 35.2 Å². The smallest absolute Gasteiger partial charge is 0.404 e. The molecule has 0 unspecified atom stereocenters. The minimum absolute atomic E-state index is 0.0354. The summed E-state index contributed by atoms with van der Waals surface area (Å²) in [7, 11) is 0. The maximum atomic E-state index is 11.2. The first-order valence-corrected chi connectivity index (χ1v) is 10.8. The van der Waals surface area contributed by atoms with Crippen molar-refractivity contribution in [1.82, 2.24) is 9.97 Å². The predicted octanol–water partition coefficient (Wildman–Crippen LogP) is 3.34. The number of nitrogens with two attached hydrogens (primary N) is 2. The fourth-order valence-electron chi connectivity index (χ4n) is 3.28. The summed E-state index contributed by atoms with van der Waals surface area (Å²) in [5.74, 6) is 0.712. The number of carbonyl (C=O) groups is 2. The van der Waals surface area contributed by atoms with E-state index in [1.807, 2.05) is 48.5 Å². The third-order valence-corrected chi connectivity index (χ3v) is 5.27. The van der Waals surface area contributed by atoms with Gasteiger partial charge in [-0.05, 0) is 41.5 Å². The topological polar surface area (TPSA) is 140 Å². The van der Waals surface area contributed by atoms with Gasteiger partial charge in [0, 0.05) is 18.0 Å². The van der Waals surface area contributed by atoms with Crippen molar-refractivity contribution in [3.8, 4) is 11.5 Å². The Morgan fingerprint density at radius 1 is 0.853 bits per heavy atom. The zero-order valence-corrected chi connectivity index (χ0v) is 19.2. The average molecular weight is 465 g/mol. The van der Waals surface area contributed by atoms with Crippen LogP contribution in [0.1, 0.15) is 47.7 Å². The Bertz CT molecular complexity index is 1110. The van der Waals surface area contributed by atoms with Crippen LogP contribution >= 0.6 is 0 Å². The number of hydrogen-bond acceptors (Lipinski definition) is 7. The molecule has 0 aliphatic carbocycles. The molecule has 0 bridgehead atoms. The maximum Gasteiger partial charge on any atom is 0.404 e. The number of benzene rings is 2. The van der Waals surface area contributed by atoms with Crippen molar-refractivity contribution in [2.24, 2.45) is 11.5 Å². The number of carbonyl (C=O) groups excluding carboxylic acids is 2. The molecule has 9 nitrogen and oxygen atoms in total. The number of nitrogens with zero attached hydrogens (tertiary/aromatic N) is 2. The Labute approximate surface area is 198 Å². The van der Waals surface area contributed by atoms with Gasteiger partial charge in [0.15, 0.2) is 0 Å². The zero-order chi connectivity index (χ0) is 24.6. The Morgan fingerprint density at radius 3 is 2.00 bits per heavy atom. The molecule has 0 saturated carbocycles. The van der Waals surface area contributed by atoms with Gasteiger partial charge in [0.2, 0.25) is 5.82 Å². The molecular weight excluding hydrogens is 436 g/mol. The SMILES string of the molecule is CC(C)(c1ccc(OCCCOC(N)=O)cc1)c1ccc(OCc2ccnc(C(N)=O)n2)cc1. The van der Waals surface area contributed by atoms with Crippen LogP contribution in [0.25, 0.3) is 0 Å². The number of aromatic nitrogens is 2. The van der Waals surface area contributed by atoms with Crippen molar-refractivity contribution in [2.45, 2.75) is 32.3 Å². The van der Waals surface area contributed by atoms with E-state index in [1.165, 1.54) is 6.20 Å². The molecule has 34 heavy (non-hydrogen) atoms. The number of hydrogen-bond donors (Lipinski definition) is 2. The summed E-state index contributed by atoms with van der Waals surface area (Å²) >= 11 is 0. The Morgan fingerprint density at radius 2 is 1.44 bits per heavy atom. The lowest BCUT2D eigenvalue weighted by atomic mass is 9.78. The summed E-state index contributed by atoms with van der Waals surface area (Å²) in [6, 6.07) is 17.4. The van der Waals surface area contributed by atoms with Crippen LogP contribution in [-0.2, 0) is 16.8 Å². The predicted molar refractivity (Wildman–Crippen MR) is 126 cm³/mol. The van der Waals surface area contributed by atoms with Gasteiger partial charge in [-0.3, -0.25) is 4.79 Å². The molecule has 0 spiro atoms. The highest BCUT2D eigenvalue weighted by Crippen LogP contribution is 2.33. The maximum absolute atomic E-state index is 11.2. The molecule has 3 rings (SSSR count). The second-order valence-electron chi connectivity index (χ2n) is 8.07. The van der Waals surface area contributed by atoms with Gasteiger partial charge < -0.3 is 25.7 Å². The fraction of sp³-hybridized carbons (Fsp3) is 0.280. The largest absolute Gasteiger partial charge is 0.493 e. The second kappa shape index (κ2) is 11.1. The van der Waals surface area contributed by atoms with Gasteiger partial charge in [-0.2, -0.15) is 0 Å². The molecule has 3 aromatic rings. The van der Waals surface area contributed by atoms with E-state index in [9.17, 15) is 9.59 Å². The minimum Gasteiger partial charge on any atom is -0.493 e. The highest BCUT2D eigenvalue weighted by molar-refractivity contribution is 5.88. The number of rotatable bonds is 11. The molecule has 9 heteroatoms. The van der Waals surface area contributed by atoms with Crippen LogP contribution in [0.4, 0.5) is 4.79 Å². The lowest BCUT2D eigenvalue weighted by Crippen LogP contribution is -2.18. The van der Waals surface area contributed by atoms with E-state index < -0.39 is 12.0 Å². The molecule has 4 N–H and O–H groups in total. The molecule has 178 valence electrons. The highest BCUT2D eigenvalue weighted by atomic mass is 16.5. The molecule has 1 aromatic heterocycles. The summed E-state index contributed by atoms with van der Waals surface area (Å²) in [5, 5.41) is 0. The van der Waals surface area contributed by atoms with Crippen molar-refractivity contribution in [3.63, 3.8) is 0 Å². The lowest BCUT2D eigenvalue weighted by Gasteiger charge is -2.26. The average Bonchev–Trinajstić information content (AvgIpc) is 2.83. The monoisotopic (exact) mass is 464 g/mol. The molecule has 0 fully saturated rings. The lowest BCUT2D eigenvalue weighted by molar-refractivity contribution is 0.0989. The van der Waals surface area contributed by atoms with Crippen LogP contribution in [0.5, 0.6) is 11.5 Å². The van der Waals surface area contributed by atoms with E-state index in [-0.39, 0.29) is 24.5 Å². The third-order valence-electron chi connectivity index (χ3n) is 5.27. The fourth-order valence-corrected chi connectivity index (χ4v) is 3.28. The quantitative estimate of drug-likeness (QED) is 0.415. The molecule has 2 aromatic carbocycles. The molecule has 0 atom stereocenters. The summed E-state index contributed by atoms with van der Waals surface area (Å²) < 4.78 is 16.1. The van der Waals surface area contributed by atoms with Gasteiger partial charge in [0.1, 0.15) is 18.1 Å². The molecule has 0 aliphatic rings. The molecule has 0 radical (unpaired) electrons. The zero-order valence-electron chi connectivity index (χ0n) is 19.2. The van der Waals surface area contributed by atoms with Crippen molar-refractivity contribution in [1.29, 1.82) is 0 Å². The van der Waals surface area contributed by atoms with Crippen molar-refractivity contribution in [2.75, 3.05) is 13.2 Å². The van der Waals surface area contributed by atoms with Crippen molar-refractivity contribution < 1.29 is 23.8 Å². The van der Waals surface area contributed by atoms with Crippen LogP contribution in [0.3, 0.4) is 0 Å². The standard InChI is InChI=1S/C25H28N4O5/c1-25(2,17-4-8-20(9-5-17)32-14-3-15-33-24(27)31)18-6-10-21(11-7-18)34-16-19-12-13-28-23(29-19)22(26)30/h4-13H,3,14-16H2,1-2H3,(H2,26,30)(H2,27,31). The van der Waals surface area contributed by atoms with E-state index in [0.717, 1.165) is 16.9 Å². The Balaban J connectivity index is 1.57. The number of amides is 2. The molecule has 0 saturated heterocycles. The third kappa shape index (κ3) is 6.68. The number of primary amides is 2. The van der Waals surface area contributed by atoms with E-state index in [4.69, 9.17) is 20.9 Å².